The molecule has 0 radical (unpaired) electrons. The summed E-state index contributed by atoms with van der Waals surface area (Å²) in [5.74, 6) is -0.400. The van der Waals surface area contributed by atoms with E-state index < -0.39 is 5.97 Å². The van der Waals surface area contributed by atoms with Gasteiger partial charge in [0.2, 0.25) is 0 Å². The van der Waals surface area contributed by atoms with Gasteiger partial charge >= 0.3 is 5.97 Å². The first-order valence-corrected chi connectivity index (χ1v) is 5.79. The van der Waals surface area contributed by atoms with E-state index >= 15 is 0 Å². The zero-order valence-corrected chi connectivity index (χ0v) is 10.9. The highest BCUT2D eigenvalue weighted by Crippen LogP contribution is 2.25. The van der Waals surface area contributed by atoms with Crippen molar-refractivity contribution in [3.63, 3.8) is 0 Å². The predicted octanol–water partition coefficient (Wildman–Crippen LogP) is 3.50. The molecule has 0 saturated carbocycles. The molecule has 4 heteroatoms. The molecule has 0 amide bonds. The molecule has 92 valence electrons. The highest BCUT2D eigenvalue weighted by molar-refractivity contribution is 6.31. The molecule has 2 rings (SSSR count). The Kier molecular flexibility index (Phi) is 3.63. The van der Waals surface area contributed by atoms with E-state index in [0.717, 1.165) is 16.7 Å². The van der Waals surface area contributed by atoms with Crippen molar-refractivity contribution in [3.8, 4) is 11.1 Å². The number of carbonyl (C=O) groups is 1. The number of nitrogens with zero attached hydrogens (tertiary/aromatic N) is 1. The molecule has 0 fully saturated rings. The summed E-state index contributed by atoms with van der Waals surface area (Å²) in [6.07, 6.45) is 3.17. The SMILES string of the molecule is COC(=O)c1cncc(-c2ccc(C)c(Cl)c2)c1. The van der Waals surface area contributed by atoms with Crippen LogP contribution in [0.1, 0.15) is 15.9 Å². The van der Waals surface area contributed by atoms with Gasteiger partial charge in [0.15, 0.2) is 0 Å². The van der Waals surface area contributed by atoms with Gasteiger partial charge < -0.3 is 4.74 Å². The lowest BCUT2D eigenvalue weighted by Crippen LogP contribution is -2.01. The highest BCUT2D eigenvalue weighted by atomic mass is 35.5. The first kappa shape index (κ1) is 12.6. The van der Waals surface area contributed by atoms with Crippen LogP contribution in [0.4, 0.5) is 0 Å². The smallest absolute Gasteiger partial charge is 0.339 e. The minimum Gasteiger partial charge on any atom is -0.465 e. The maximum atomic E-state index is 11.4. The van der Waals surface area contributed by atoms with E-state index in [1.54, 1.807) is 12.3 Å². The number of halogens is 1. The number of rotatable bonds is 2. The van der Waals surface area contributed by atoms with E-state index in [2.05, 4.69) is 9.72 Å². The fourth-order valence-corrected chi connectivity index (χ4v) is 1.78. The standard InChI is InChI=1S/C14H12ClNO2/c1-9-3-4-10(6-13(9)15)11-5-12(8-16-7-11)14(17)18-2/h3-8H,1-2H3. The minimum atomic E-state index is -0.400. The van der Waals surface area contributed by atoms with Gasteiger partial charge in [-0.1, -0.05) is 23.7 Å². The quantitative estimate of drug-likeness (QED) is 0.777. The summed E-state index contributed by atoms with van der Waals surface area (Å²) in [5.41, 5.74) is 3.19. The van der Waals surface area contributed by atoms with Gasteiger partial charge in [0, 0.05) is 23.0 Å². The number of esters is 1. The number of methoxy groups -OCH3 is 1. The van der Waals surface area contributed by atoms with E-state index in [1.165, 1.54) is 13.3 Å². The number of aryl methyl sites for hydroxylation is 1. The molecule has 0 saturated heterocycles. The number of benzene rings is 1. The Bertz CT molecular complexity index is 596. The summed E-state index contributed by atoms with van der Waals surface area (Å²) in [6.45, 7) is 1.94. The Labute approximate surface area is 110 Å². The summed E-state index contributed by atoms with van der Waals surface area (Å²) < 4.78 is 4.66. The van der Waals surface area contributed by atoms with Gasteiger partial charge in [-0.05, 0) is 30.2 Å². The first-order chi connectivity index (χ1) is 8.61. The van der Waals surface area contributed by atoms with Crippen LogP contribution in [0.3, 0.4) is 0 Å². The van der Waals surface area contributed by atoms with Crippen LogP contribution in [-0.2, 0) is 4.74 Å². The monoisotopic (exact) mass is 261 g/mol. The Morgan fingerprint density at radius 1 is 1.22 bits per heavy atom. The van der Waals surface area contributed by atoms with Crippen molar-refractivity contribution >= 4 is 17.6 Å². The van der Waals surface area contributed by atoms with Crippen LogP contribution in [0, 0.1) is 6.92 Å². The summed E-state index contributed by atoms with van der Waals surface area (Å²) in [5, 5.41) is 0.691. The zero-order valence-electron chi connectivity index (χ0n) is 10.1. The Morgan fingerprint density at radius 2 is 2.00 bits per heavy atom. The van der Waals surface area contributed by atoms with Crippen molar-refractivity contribution in [2.45, 2.75) is 6.92 Å². The van der Waals surface area contributed by atoms with E-state index in [9.17, 15) is 4.79 Å². The molecule has 0 atom stereocenters. The summed E-state index contributed by atoms with van der Waals surface area (Å²) in [6, 6.07) is 7.47. The van der Waals surface area contributed by atoms with Gasteiger partial charge in [-0.25, -0.2) is 4.79 Å². The maximum Gasteiger partial charge on any atom is 0.339 e. The fourth-order valence-electron chi connectivity index (χ4n) is 1.60. The molecule has 1 aromatic carbocycles. The highest BCUT2D eigenvalue weighted by Gasteiger charge is 2.08. The Balaban J connectivity index is 2.44. The Morgan fingerprint density at radius 3 is 2.67 bits per heavy atom. The molecule has 0 N–H and O–H groups in total. The van der Waals surface area contributed by atoms with Gasteiger partial charge in [-0.3, -0.25) is 4.98 Å². The molecule has 3 nitrogen and oxygen atoms in total. The second kappa shape index (κ2) is 5.19. The molecule has 0 spiro atoms. The lowest BCUT2D eigenvalue weighted by molar-refractivity contribution is 0.0600. The second-order valence-corrected chi connectivity index (χ2v) is 4.33. The van der Waals surface area contributed by atoms with Crippen LogP contribution in [-0.4, -0.2) is 18.1 Å². The largest absolute Gasteiger partial charge is 0.465 e. The number of hydrogen-bond acceptors (Lipinski definition) is 3. The van der Waals surface area contributed by atoms with E-state index in [1.807, 2.05) is 25.1 Å². The van der Waals surface area contributed by atoms with E-state index in [0.29, 0.717) is 10.6 Å². The van der Waals surface area contributed by atoms with Crippen LogP contribution >= 0.6 is 11.6 Å². The number of pyridine rings is 1. The molecule has 1 heterocycles. The van der Waals surface area contributed by atoms with Gasteiger partial charge in [-0.15, -0.1) is 0 Å². The average molecular weight is 262 g/mol. The van der Waals surface area contributed by atoms with Crippen molar-refractivity contribution in [2.24, 2.45) is 0 Å². The van der Waals surface area contributed by atoms with Crippen LogP contribution in [0.25, 0.3) is 11.1 Å². The molecule has 0 aliphatic carbocycles. The molecular weight excluding hydrogens is 250 g/mol. The summed E-state index contributed by atoms with van der Waals surface area (Å²) in [7, 11) is 1.34. The van der Waals surface area contributed by atoms with Crippen LogP contribution in [0.2, 0.25) is 5.02 Å². The maximum absolute atomic E-state index is 11.4. The third-order valence-corrected chi connectivity index (χ3v) is 3.07. The molecule has 2 aromatic rings. The molecule has 1 aromatic heterocycles. The lowest BCUT2D eigenvalue weighted by atomic mass is 10.0. The molecule has 0 aliphatic heterocycles. The fraction of sp³-hybridized carbons (Fsp3) is 0.143. The second-order valence-electron chi connectivity index (χ2n) is 3.92. The van der Waals surface area contributed by atoms with Gasteiger partial charge in [0.05, 0.1) is 12.7 Å². The zero-order chi connectivity index (χ0) is 13.1. The minimum absolute atomic E-state index is 0.400. The van der Waals surface area contributed by atoms with Gasteiger partial charge in [0.1, 0.15) is 0 Å². The summed E-state index contributed by atoms with van der Waals surface area (Å²) in [4.78, 5) is 15.5. The van der Waals surface area contributed by atoms with Crippen molar-refractivity contribution in [1.29, 1.82) is 0 Å². The molecule has 0 aliphatic rings. The van der Waals surface area contributed by atoms with Crippen LogP contribution < -0.4 is 0 Å². The van der Waals surface area contributed by atoms with Crippen molar-refractivity contribution in [1.82, 2.24) is 4.98 Å². The average Bonchev–Trinajstić information content (AvgIpc) is 2.41. The van der Waals surface area contributed by atoms with E-state index in [-0.39, 0.29) is 0 Å². The van der Waals surface area contributed by atoms with E-state index in [4.69, 9.17) is 11.6 Å². The topological polar surface area (TPSA) is 39.2 Å². The number of carbonyl (C=O) groups excluding carboxylic acids is 1. The Hall–Kier alpha value is -1.87. The molecule has 0 bridgehead atoms. The number of aromatic nitrogens is 1. The van der Waals surface area contributed by atoms with Crippen LogP contribution in [0.15, 0.2) is 36.7 Å². The van der Waals surface area contributed by atoms with Crippen LogP contribution in [0.5, 0.6) is 0 Å². The third-order valence-electron chi connectivity index (χ3n) is 2.66. The predicted molar refractivity (Wildman–Crippen MR) is 70.8 cm³/mol. The van der Waals surface area contributed by atoms with Gasteiger partial charge in [0.25, 0.3) is 0 Å². The van der Waals surface area contributed by atoms with Crippen molar-refractivity contribution in [2.75, 3.05) is 7.11 Å². The van der Waals surface area contributed by atoms with Crippen molar-refractivity contribution in [3.05, 3.63) is 52.8 Å². The number of hydrogen-bond donors (Lipinski definition) is 0. The van der Waals surface area contributed by atoms with Gasteiger partial charge in [-0.2, -0.15) is 0 Å². The normalized spacial score (nSPS) is 10.2. The first-order valence-electron chi connectivity index (χ1n) is 5.41. The molecule has 18 heavy (non-hydrogen) atoms. The lowest BCUT2D eigenvalue weighted by Gasteiger charge is -2.05. The third kappa shape index (κ3) is 2.51. The summed E-state index contributed by atoms with van der Waals surface area (Å²) >= 11 is 6.08. The molecule has 0 unspecified atom stereocenters. The van der Waals surface area contributed by atoms with Crippen molar-refractivity contribution < 1.29 is 9.53 Å². The number of ether oxygens (including phenoxy) is 1. The molecular formula is C14H12ClNO2.